The first kappa shape index (κ1) is 13.6. The summed E-state index contributed by atoms with van der Waals surface area (Å²) in [6, 6.07) is 14.1. The molecule has 3 heteroatoms. The van der Waals surface area contributed by atoms with E-state index in [1.807, 2.05) is 6.07 Å². The summed E-state index contributed by atoms with van der Waals surface area (Å²) in [5.74, 6) is -0.225. The van der Waals surface area contributed by atoms with Crippen LogP contribution in [0.2, 0.25) is 0 Å². The van der Waals surface area contributed by atoms with Crippen molar-refractivity contribution in [3.05, 3.63) is 63.9 Å². The lowest BCUT2D eigenvalue weighted by molar-refractivity contribution is 0.618. The third-order valence-corrected chi connectivity index (χ3v) is 4.52. The molecule has 3 rings (SSSR count). The molecule has 1 N–H and O–H groups in total. The van der Waals surface area contributed by atoms with Crippen LogP contribution in [-0.4, -0.2) is 0 Å². The third-order valence-electron chi connectivity index (χ3n) is 3.88. The van der Waals surface area contributed by atoms with Gasteiger partial charge in [-0.3, -0.25) is 0 Å². The number of halogens is 2. The summed E-state index contributed by atoms with van der Waals surface area (Å²) in [7, 11) is 0. The normalized spacial score (nSPS) is 18.2. The molecular formula is C17H17BrFN. The molecule has 1 aliphatic rings. The standard InChI is InChI=1S/C17H17BrFN/c18-15-10-9-13(11-16(15)19)20-17-8-4-2-6-12-5-1-3-7-14(12)17/h1,3,5,7,9-11,17,20H,2,4,6,8H2. The molecule has 0 aromatic heterocycles. The number of fused-ring (bicyclic) bond motifs is 1. The molecule has 0 aliphatic heterocycles. The number of anilines is 1. The zero-order valence-electron chi connectivity index (χ0n) is 11.2. The zero-order chi connectivity index (χ0) is 13.9. The number of hydrogen-bond donors (Lipinski definition) is 1. The van der Waals surface area contributed by atoms with Gasteiger partial charge in [0.25, 0.3) is 0 Å². The zero-order valence-corrected chi connectivity index (χ0v) is 12.8. The van der Waals surface area contributed by atoms with Crippen LogP contribution in [0.15, 0.2) is 46.9 Å². The molecule has 1 aliphatic carbocycles. The van der Waals surface area contributed by atoms with E-state index in [1.165, 1.54) is 24.0 Å². The SMILES string of the molecule is Fc1cc(NC2CCCCc3ccccc32)ccc1Br. The summed E-state index contributed by atoms with van der Waals surface area (Å²) in [6.45, 7) is 0. The summed E-state index contributed by atoms with van der Waals surface area (Å²) < 4.78 is 14.1. The Labute approximate surface area is 127 Å². The Morgan fingerprint density at radius 1 is 1.10 bits per heavy atom. The van der Waals surface area contributed by atoms with Crippen LogP contribution in [-0.2, 0) is 6.42 Å². The first-order chi connectivity index (χ1) is 9.74. The van der Waals surface area contributed by atoms with Crippen molar-refractivity contribution in [2.45, 2.75) is 31.7 Å². The highest BCUT2D eigenvalue weighted by atomic mass is 79.9. The lowest BCUT2D eigenvalue weighted by Crippen LogP contribution is -2.11. The van der Waals surface area contributed by atoms with Gasteiger partial charge in [0.1, 0.15) is 5.82 Å². The average molecular weight is 334 g/mol. The van der Waals surface area contributed by atoms with Gasteiger partial charge in [0.05, 0.1) is 10.5 Å². The molecule has 0 heterocycles. The van der Waals surface area contributed by atoms with E-state index in [1.54, 1.807) is 12.1 Å². The second-order valence-electron chi connectivity index (χ2n) is 5.27. The first-order valence-electron chi connectivity index (χ1n) is 7.03. The second-order valence-corrected chi connectivity index (χ2v) is 6.12. The lowest BCUT2D eigenvalue weighted by Gasteiger charge is -2.20. The predicted octanol–water partition coefficient (Wildman–Crippen LogP) is 5.47. The molecule has 0 amide bonds. The van der Waals surface area contributed by atoms with Crippen LogP contribution in [0, 0.1) is 5.82 Å². The Kier molecular flexibility index (Phi) is 4.06. The molecule has 1 atom stereocenters. The number of hydrogen-bond acceptors (Lipinski definition) is 1. The van der Waals surface area contributed by atoms with Crippen molar-refractivity contribution in [2.75, 3.05) is 5.32 Å². The molecule has 0 saturated carbocycles. The quantitative estimate of drug-likeness (QED) is 0.718. The Morgan fingerprint density at radius 2 is 1.95 bits per heavy atom. The number of rotatable bonds is 2. The van der Waals surface area contributed by atoms with E-state index in [4.69, 9.17) is 0 Å². The van der Waals surface area contributed by atoms with Gasteiger partial charge in [-0.15, -0.1) is 0 Å². The van der Waals surface area contributed by atoms with Crippen molar-refractivity contribution < 1.29 is 4.39 Å². The van der Waals surface area contributed by atoms with E-state index < -0.39 is 0 Å². The van der Waals surface area contributed by atoms with Gasteiger partial charge < -0.3 is 5.32 Å². The minimum atomic E-state index is -0.225. The lowest BCUT2D eigenvalue weighted by atomic mass is 9.99. The molecule has 1 unspecified atom stereocenters. The van der Waals surface area contributed by atoms with Crippen molar-refractivity contribution in [3.63, 3.8) is 0 Å². The fraction of sp³-hybridized carbons (Fsp3) is 0.294. The van der Waals surface area contributed by atoms with Crippen molar-refractivity contribution >= 4 is 21.6 Å². The molecule has 104 valence electrons. The van der Waals surface area contributed by atoms with Gasteiger partial charge in [0.2, 0.25) is 0 Å². The molecular weight excluding hydrogens is 317 g/mol. The van der Waals surface area contributed by atoms with Crippen LogP contribution < -0.4 is 5.32 Å². The van der Waals surface area contributed by atoms with Crippen LogP contribution in [0.25, 0.3) is 0 Å². The summed E-state index contributed by atoms with van der Waals surface area (Å²) in [6.07, 6.45) is 4.66. The maximum Gasteiger partial charge on any atom is 0.139 e. The minimum Gasteiger partial charge on any atom is -0.378 e. The Balaban J connectivity index is 1.88. The molecule has 0 spiro atoms. The fourth-order valence-electron chi connectivity index (χ4n) is 2.86. The van der Waals surface area contributed by atoms with Crippen molar-refractivity contribution in [1.82, 2.24) is 0 Å². The molecule has 20 heavy (non-hydrogen) atoms. The monoisotopic (exact) mass is 333 g/mol. The maximum absolute atomic E-state index is 13.6. The van der Waals surface area contributed by atoms with E-state index in [0.29, 0.717) is 4.47 Å². The van der Waals surface area contributed by atoms with E-state index in [2.05, 4.69) is 45.5 Å². The largest absolute Gasteiger partial charge is 0.378 e. The molecule has 0 radical (unpaired) electrons. The maximum atomic E-state index is 13.6. The number of benzene rings is 2. The van der Waals surface area contributed by atoms with Gasteiger partial charge in [-0.05, 0) is 64.5 Å². The van der Waals surface area contributed by atoms with E-state index in [-0.39, 0.29) is 11.9 Å². The van der Waals surface area contributed by atoms with Crippen LogP contribution in [0.3, 0.4) is 0 Å². The highest BCUT2D eigenvalue weighted by Crippen LogP contribution is 2.32. The topological polar surface area (TPSA) is 12.0 Å². The first-order valence-corrected chi connectivity index (χ1v) is 7.83. The summed E-state index contributed by atoms with van der Waals surface area (Å²) in [4.78, 5) is 0. The molecule has 0 saturated heterocycles. The van der Waals surface area contributed by atoms with Gasteiger partial charge in [-0.1, -0.05) is 30.7 Å². The Hall–Kier alpha value is -1.35. The Bertz CT molecular complexity index is 612. The molecule has 2 aromatic carbocycles. The van der Waals surface area contributed by atoms with Crippen molar-refractivity contribution in [1.29, 1.82) is 0 Å². The van der Waals surface area contributed by atoms with Crippen molar-refractivity contribution in [2.24, 2.45) is 0 Å². The van der Waals surface area contributed by atoms with Gasteiger partial charge >= 0.3 is 0 Å². The predicted molar refractivity (Wildman–Crippen MR) is 84.5 cm³/mol. The van der Waals surface area contributed by atoms with E-state index >= 15 is 0 Å². The highest BCUT2D eigenvalue weighted by Gasteiger charge is 2.18. The van der Waals surface area contributed by atoms with Crippen LogP contribution >= 0.6 is 15.9 Å². The summed E-state index contributed by atoms with van der Waals surface area (Å²) >= 11 is 3.19. The van der Waals surface area contributed by atoms with Gasteiger partial charge in [-0.2, -0.15) is 0 Å². The van der Waals surface area contributed by atoms with Gasteiger partial charge in [0.15, 0.2) is 0 Å². The van der Waals surface area contributed by atoms with E-state index in [0.717, 1.165) is 18.5 Å². The third kappa shape index (κ3) is 2.88. The molecule has 2 aromatic rings. The smallest absolute Gasteiger partial charge is 0.139 e. The molecule has 1 nitrogen and oxygen atoms in total. The van der Waals surface area contributed by atoms with Crippen LogP contribution in [0.5, 0.6) is 0 Å². The van der Waals surface area contributed by atoms with Gasteiger partial charge in [-0.25, -0.2) is 4.39 Å². The highest BCUT2D eigenvalue weighted by molar-refractivity contribution is 9.10. The van der Waals surface area contributed by atoms with Crippen LogP contribution in [0.4, 0.5) is 10.1 Å². The van der Waals surface area contributed by atoms with Crippen LogP contribution in [0.1, 0.15) is 36.4 Å². The Morgan fingerprint density at radius 3 is 2.80 bits per heavy atom. The number of nitrogens with one attached hydrogen (secondary N) is 1. The van der Waals surface area contributed by atoms with E-state index in [9.17, 15) is 4.39 Å². The number of aryl methyl sites for hydroxylation is 1. The molecule has 0 bridgehead atoms. The second kappa shape index (κ2) is 5.96. The minimum absolute atomic E-state index is 0.225. The average Bonchev–Trinajstić information content (AvgIpc) is 2.66. The molecule has 0 fully saturated rings. The van der Waals surface area contributed by atoms with Crippen molar-refractivity contribution in [3.8, 4) is 0 Å². The fourth-order valence-corrected chi connectivity index (χ4v) is 3.10. The summed E-state index contributed by atoms with van der Waals surface area (Å²) in [5, 5.41) is 3.48. The summed E-state index contributed by atoms with van der Waals surface area (Å²) in [5.41, 5.74) is 3.61. The van der Waals surface area contributed by atoms with Gasteiger partial charge in [0, 0.05) is 5.69 Å².